The number of carbonyl (C=O) groups excluding carboxylic acids is 1. The van der Waals surface area contributed by atoms with Gasteiger partial charge in [0.15, 0.2) is 0 Å². The van der Waals surface area contributed by atoms with E-state index in [-0.39, 0.29) is 24.2 Å². The lowest BCUT2D eigenvalue weighted by atomic mass is 9.95. The maximum atomic E-state index is 11.8. The minimum Gasteiger partial charge on any atom is -0.352 e. The van der Waals surface area contributed by atoms with Gasteiger partial charge in [0.25, 0.3) is 0 Å². The molecule has 2 atom stereocenters. The number of piperidine rings is 1. The Morgan fingerprint density at radius 3 is 2.72 bits per heavy atom. The Hall–Kier alpha value is -0.660. The standard InChI is InChI=1S/C11H23N3O3S/c1-4-18(16,17)14(3)8-11(15)13-10-5-6-12-7-9(10)2/h9-10,12H,4-8H2,1-3H3,(H,13,15). The summed E-state index contributed by atoms with van der Waals surface area (Å²) in [6, 6.07) is 0.136. The average molecular weight is 277 g/mol. The summed E-state index contributed by atoms with van der Waals surface area (Å²) >= 11 is 0. The maximum Gasteiger partial charge on any atom is 0.235 e. The summed E-state index contributed by atoms with van der Waals surface area (Å²) in [5, 5.41) is 6.16. The molecule has 18 heavy (non-hydrogen) atoms. The van der Waals surface area contributed by atoms with E-state index in [0.29, 0.717) is 5.92 Å². The lowest BCUT2D eigenvalue weighted by Crippen LogP contribution is -2.50. The van der Waals surface area contributed by atoms with Crippen molar-refractivity contribution in [2.45, 2.75) is 26.3 Å². The van der Waals surface area contributed by atoms with Crippen LogP contribution in [0.4, 0.5) is 0 Å². The fraction of sp³-hybridized carbons (Fsp3) is 0.909. The number of sulfonamides is 1. The highest BCUT2D eigenvalue weighted by atomic mass is 32.2. The largest absolute Gasteiger partial charge is 0.352 e. The van der Waals surface area contributed by atoms with E-state index < -0.39 is 10.0 Å². The second kappa shape index (κ2) is 6.49. The molecule has 0 bridgehead atoms. The van der Waals surface area contributed by atoms with Gasteiger partial charge in [0.05, 0.1) is 12.3 Å². The lowest BCUT2D eigenvalue weighted by molar-refractivity contribution is -0.122. The highest BCUT2D eigenvalue weighted by Crippen LogP contribution is 2.10. The molecule has 1 fully saturated rings. The van der Waals surface area contributed by atoms with E-state index in [2.05, 4.69) is 17.6 Å². The zero-order valence-electron chi connectivity index (χ0n) is 11.3. The molecule has 1 aliphatic heterocycles. The Labute approximate surface area is 109 Å². The fourth-order valence-corrected chi connectivity index (χ4v) is 2.76. The van der Waals surface area contributed by atoms with Crippen molar-refractivity contribution >= 4 is 15.9 Å². The van der Waals surface area contributed by atoms with Gasteiger partial charge in [0, 0.05) is 13.1 Å². The van der Waals surface area contributed by atoms with Gasteiger partial charge in [0.1, 0.15) is 0 Å². The van der Waals surface area contributed by atoms with Gasteiger partial charge in [-0.3, -0.25) is 4.79 Å². The first-order valence-corrected chi connectivity index (χ1v) is 7.91. The minimum atomic E-state index is -3.29. The van der Waals surface area contributed by atoms with Crippen LogP contribution >= 0.6 is 0 Å². The zero-order valence-corrected chi connectivity index (χ0v) is 12.1. The van der Waals surface area contributed by atoms with Crippen molar-refractivity contribution in [1.82, 2.24) is 14.9 Å². The highest BCUT2D eigenvalue weighted by molar-refractivity contribution is 7.89. The van der Waals surface area contributed by atoms with E-state index in [0.717, 1.165) is 23.8 Å². The van der Waals surface area contributed by atoms with Gasteiger partial charge in [-0.1, -0.05) is 6.92 Å². The number of rotatable bonds is 5. The van der Waals surface area contributed by atoms with E-state index >= 15 is 0 Å². The van der Waals surface area contributed by atoms with Crippen molar-refractivity contribution in [3.63, 3.8) is 0 Å². The Morgan fingerprint density at radius 1 is 1.50 bits per heavy atom. The quantitative estimate of drug-likeness (QED) is 0.702. The first-order chi connectivity index (χ1) is 8.36. The van der Waals surface area contributed by atoms with E-state index in [1.165, 1.54) is 7.05 Å². The third-order valence-electron chi connectivity index (χ3n) is 3.34. The molecule has 0 aromatic carbocycles. The molecule has 7 heteroatoms. The maximum absolute atomic E-state index is 11.8. The molecule has 0 aliphatic carbocycles. The molecule has 1 aliphatic rings. The molecule has 6 nitrogen and oxygen atoms in total. The first kappa shape index (κ1) is 15.4. The predicted molar refractivity (Wildman–Crippen MR) is 70.7 cm³/mol. The Bertz CT molecular complexity index is 383. The molecule has 1 amide bonds. The van der Waals surface area contributed by atoms with Gasteiger partial charge in [0.2, 0.25) is 15.9 Å². The van der Waals surface area contributed by atoms with Crippen LogP contribution in [-0.2, 0) is 14.8 Å². The molecule has 2 N–H and O–H groups in total. The van der Waals surface area contributed by atoms with E-state index in [1.54, 1.807) is 6.92 Å². The van der Waals surface area contributed by atoms with Crippen LogP contribution in [0.5, 0.6) is 0 Å². The molecule has 106 valence electrons. The van der Waals surface area contributed by atoms with Crippen molar-refractivity contribution < 1.29 is 13.2 Å². The monoisotopic (exact) mass is 277 g/mol. The molecule has 1 rings (SSSR count). The highest BCUT2D eigenvalue weighted by Gasteiger charge is 2.24. The van der Waals surface area contributed by atoms with Crippen molar-refractivity contribution in [2.24, 2.45) is 5.92 Å². The molecule has 1 saturated heterocycles. The summed E-state index contributed by atoms with van der Waals surface area (Å²) in [4.78, 5) is 11.8. The smallest absolute Gasteiger partial charge is 0.235 e. The van der Waals surface area contributed by atoms with Crippen LogP contribution in [0.15, 0.2) is 0 Å². The molecule has 2 unspecified atom stereocenters. The Balaban J connectivity index is 2.46. The second-order valence-corrected chi connectivity index (χ2v) is 7.17. The van der Waals surface area contributed by atoms with Gasteiger partial charge in [-0.15, -0.1) is 0 Å². The summed E-state index contributed by atoms with van der Waals surface area (Å²) in [6.07, 6.45) is 0.886. The van der Waals surface area contributed by atoms with Gasteiger partial charge in [-0.25, -0.2) is 8.42 Å². The number of hydrogen-bond acceptors (Lipinski definition) is 4. The predicted octanol–water partition coefficient (Wildman–Crippen LogP) is -0.618. The zero-order chi connectivity index (χ0) is 13.8. The summed E-state index contributed by atoms with van der Waals surface area (Å²) < 4.78 is 24.2. The third-order valence-corrected chi connectivity index (χ3v) is 5.15. The SMILES string of the molecule is CCS(=O)(=O)N(C)CC(=O)NC1CCNCC1C. The number of nitrogens with zero attached hydrogens (tertiary/aromatic N) is 1. The molecule has 0 aromatic heterocycles. The van der Waals surface area contributed by atoms with Crippen LogP contribution in [0.3, 0.4) is 0 Å². The Kier molecular flexibility index (Phi) is 5.55. The molecular weight excluding hydrogens is 254 g/mol. The van der Waals surface area contributed by atoms with Crippen LogP contribution in [-0.4, -0.2) is 57.1 Å². The van der Waals surface area contributed by atoms with Crippen molar-refractivity contribution in [3.8, 4) is 0 Å². The normalized spacial score (nSPS) is 25.1. The van der Waals surface area contributed by atoms with Crippen LogP contribution in [0.1, 0.15) is 20.3 Å². The van der Waals surface area contributed by atoms with E-state index in [1.807, 2.05) is 0 Å². The van der Waals surface area contributed by atoms with Crippen LogP contribution in [0.25, 0.3) is 0 Å². The van der Waals surface area contributed by atoms with Crippen molar-refractivity contribution in [3.05, 3.63) is 0 Å². The van der Waals surface area contributed by atoms with Gasteiger partial charge >= 0.3 is 0 Å². The number of hydrogen-bond donors (Lipinski definition) is 2. The van der Waals surface area contributed by atoms with Crippen molar-refractivity contribution in [2.75, 3.05) is 32.4 Å². The summed E-state index contributed by atoms with van der Waals surface area (Å²) in [5.41, 5.74) is 0. The average Bonchev–Trinajstić information content (AvgIpc) is 2.32. The molecule has 1 heterocycles. The number of carbonyl (C=O) groups is 1. The van der Waals surface area contributed by atoms with E-state index in [4.69, 9.17) is 0 Å². The minimum absolute atomic E-state index is 0.0144. The van der Waals surface area contributed by atoms with Crippen LogP contribution in [0.2, 0.25) is 0 Å². The number of amides is 1. The molecule has 0 spiro atoms. The number of nitrogens with one attached hydrogen (secondary N) is 2. The third kappa shape index (κ3) is 4.22. The van der Waals surface area contributed by atoms with Crippen molar-refractivity contribution in [1.29, 1.82) is 0 Å². The number of likely N-dealkylation sites (N-methyl/N-ethyl adjacent to an activating group) is 1. The second-order valence-electron chi connectivity index (χ2n) is 4.80. The van der Waals surface area contributed by atoms with Gasteiger partial charge in [-0.05, 0) is 32.4 Å². The molecule has 0 saturated carbocycles. The van der Waals surface area contributed by atoms with Gasteiger partial charge < -0.3 is 10.6 Å². The topological polar surface area (TPSA) is 78.5 Å². The summed E-state index contributed by atoms with van der Waals surface area (Å²) in [7, 11) is -1.85. The van der Waals surface area contributed by atoms with Crippen LogP contribution in [0, 0.1) is 5.92 Å². The fourth-order valence-electron chi connectivity index (χ4n) is 2.00. The van der Waals surface area contributed by atoms with Gasteiger partial charge in [-0.2, -0.15) is 4.31 Å². The summed E-state index contributed by atoms with van der Waals surface area (Å²) in [5.74, 6) is 0.157. The first-order valence-electron chi connectivity index (χ1n) is 6.31. The summed E-state index contributed by atoms with van der Waals surface area (Å²) in [6.45, 7) is 5.31. The Morgan fingerprint density at radius 2 is 2.17 bits per heavy atom. The molecule has 0 aromatic rings. The molecular formula is C11H23N3O3S. The lowest BCUT2D eigenvalue weighted by Gasteiger charge is -2.30. The van der Waals surface area contributed by atoms with Crippen LogP contribution < -0.4 is 10.6 Å². The molecule has 0 radical (unpaired) electrons. The van der Waals surface area contributed by atoms with E-state index in [9.17, 15) is 13.2 Å².